The minimum atomic E-state index is -0.483. The first kappa shape index (κ1) is 17.2. The van der Waals surface area contributed by atoms with Gasteiger partial charge >= 0.3 is 6.09 Å². The molecule has 1 aliphatic rings. The molecule has 1 aliphatic heterocycles. The van der Waals surface area contributed by atoms with Gasteiger partial charge in [-0.3, -0.25) is 0 Å². The lowest BCUT2D eigenvalue weighted by Crippen LogP contribution is -2.42. The van der Waals surface area contributed by atoms with E-state index < -0.39 is 5.60 Å². The Kier molecular flexibility index (Phi) is 4.58. The molecule has 2 aromatic rings. The van der Waals surface area contributed by atoms with Gasteiger partial charge in [-0.25, -0.2) is 14.3 Å². The molecule has 1 saturated heterocycles. The van der Waals surface area contributed by atoms with Gasteiger partial charge in [-0.1, -0.05) is 0 Å². The van der Waals surface area contributed by atoms with E-state index in [1.165, 1.54) is 6.33 Å². The lowest BCUT2D eigenvalue weighted by atomic mass is 9.95. The molecule has 1 fully saturated rings. The summed E-state index contributed by atoms with van der Waals surface area (Å²) >= 11 is 2.25. The van der Waals surface area contributed by atoms with Crippen molar-refractivity contribution in [2.45, 2.75) is 45.1 Å². The van der Waals surface area contributed by atoms with Crippen LogP contribution in [0.3, 0.4) is 0 Å². The average molecular weight is 443 g/mol. The predicted molar refractivity (Wildman–Crippen MR) is 99.9 cm³/mol. The van der Waals surface area contributed by atoms with Crippen molar-refractivity contribution in [2.24, 2.45) is 0 Å². The Morgan fingerprint density at radius 2 is 2.21 bits per heavy atom. The minimum Gasteiger partial charge on any atom is -0.444 e. The molecular formula is C16H22IN5O2. The number of halogens is 1. The fraction of sp³-hybridized carbons (Fsp3) is 0.562. The van der Waals surface area contributed by atoms with E-state index in [2.05, 4.69) is 38.7 Å². The van der Waals surface area contributed by atoms with Crippen molar-refractivity contribution in [1.29, 1.82) is 0 Å². The van der Waals surface area contributed by atoms with Crippen LogP contribution < -0.4 is 5.73 Å². The first-order valence-electron chi connectivity index (χ1n) is 8.02. The molecule has 1 amide bonds. The number of nitrogens with zero attached hydrogens (tertiary/aromatic N) is 4. The number of piperidine rings is 1. The van der Waals surface area contributed by atoms with Crippen LogP contribution in [0.1, 0.15) is 45.2 Å². The highest BCUT2D eigenvalue weighted by atomic mass is 127. The summed E-state index contributed by atoms with van der Waals surface area (Å²) in [6.07, 6.45) is 3.16. The molecule has 0 aromatic carbocycles. The summed E-state index contributed by atoms with van der Waals surface area (Å²) < 4.78 is 8.38. The molecule has 3 heterocycles. The van der Waals surface area contributed by atoms with Crippen LogP contribution in [0.4, 0.5) is 10.6 Å². The maximum Gasteiger partial charge on any atom is 0.410 e. The number of nitrogens with two attached hydrogens (primary N) is 1. The van der Waals surface area contributed by atoms with E-state index in [1.54, 1.807) is 4.90 Å². The number of aromatic nitrogens is 3. The van der Waals surface area contributed by atoms with Gasteiger partial charge in [-0.15, -0.1) is 0 Å². The van der Waals surface area contributed by atoms with Gasteiger partial charge in [-0.05, 0) is 62.3 Å². The van der Waals surface area contributed by atoms with Crippen molar-refractivity contribution < 1.29 is 9.53 Å². The Morgan fingerprint density at radius 1 is 1.46 bits per heavy atom. The second-order valence-electron chi connectivity index (χ2n) is 7.09. The average Bonchev–Trinajstić information content (AvgIpc) is 2.84. The predicted octanol–water partition coefficient (Wildman–Crippen LogP) is 3.03. The molecule has 0 saturated carbocycles. The van der Waals surface area contributed by atoms with E-state index in [1.807, 2.05) is 25.3 Å². The zero-order valence-corrected chi connectivity index (χ0v) is 16.3. The van der Waals surface area contributed by atoms with E-state index in [4.69, 9.17) is 10.5 Å². The van der Waals surface area contributed by atoms with Crippen LogP contribution in [0.15, 0.2) is 12.4 Å². The van der Waals surface area contributed by atoms with Gasteiger partial charge in [0.05, 0.1) is 0 Å². The van der Waals surface area contributed by atoms with Gasteiger partial charge in [0.2, 0.25) is 0 Å². The number of nitrogen functional groups attached to an aromatic ring is 1. The summed E-state index contributed by atoms with van der Waals surface area (Å²) in [7, 11) is 0. The molecule has 7 nitrogen and oxygen atoms in total. The summed E-state index contributed by atoms with van der Waals surface area (Å²) in [5.74, 6) is 0.678. The molecule has 2 N–H and O–H groups in total. The van der Waals surface area contributed by atoms with Crippen molar-refractivity contribution in [2.75, 3.05) is 18.8 Å². The number of hydrogen-bond donors (Lipinski definition) is 1. The molecule has 130 valence electrons. The Balaban J connectivity index is 1.86. The third kappa shape index (κ3) is 3.42. The molecule has 2 aromatic heterocycles. The maximum absolute atomic E-state index is 12.4. The second-order valence-corrected chi connectivity index (χ2v) is 8.25. The molecule has 0 bridgehead atoms. The standard InChI is InChI=1S/C16H22IN5O2/c1-16(2,3)24-15(23)21-6-4-5-10(8-21)12-7-11(17)13-14(18)19-9-20-22(12)13/h7,9-10H,4-6,8H2,1-3H3,(H2,18,19,20). The SMILES string of the molecule is CC(C)(C)OC(=O)N1CCCC(c2cc(I)c3c(N)ncnn23)C1. The molecule has 0 radical (unpaired) electrons. The van der Waals surface area contributed by atoms with Crippen molar-refractivity contribution >= 4 is 40.0 Å². The number of carbonyl (C=O) groups is 1. The highest BCUT2D eigenvalue weighted by Gasteiger charge is 2.30. The van der Waals surface area contributed by atoms with Gasteiger partial charge in [0, 0.05) is 28.3 Å². The quantitative estimate of drug-likeness (QED) is 0.685. The summed E-state index contributed by atoms with van der Waals surface area (Å²) in [6.45, 7) is 7.00. The summed E-state index contributed by atoms with van der Waals surface area (Å²) in [4.78, 5) is 18.2. The summed E-state index contributed by atoms with van der Waals surface area (Å²) in [5.41, 5.74) is 7.40. The highest BCUT2D eigenvalue weighted by Crippen LogP contribution is 2.32. The van der Waals surface area contributed by atoms with Crippen molar-refractivity contribution in [3.05, 3.63) is 21.7 Å². The van der Waals surface area contributed by atoms with E-state index in [0.717, 1.165) is 34.2 Å². The van der Waals surface area contributed by atoms with Crippen molar-refractivity contribution in [3.63, 3.8) is 0 Å². The smallest absolute Gasteiger partial charge is 0.410 e. The zero-order valence-electron chi connectivity index (χ0n) is 14.1. The Morgan fingerprint density at radius 3 is 2.92 bits per heavy atom. The summed E-state index contributed by atoms with van der Waals surface area (Å²) in [6, 6.07) is 2.09. The lowest BCUT2D eigenvalue weighted by Gasteiger charge is -2.34. The fourth-order valence-electron chi connectivity index (χ4n) is 3.05. The number of carbonyl (C=O) groups excluding carboxylic acids is 1. The number of fused-ring (bicyclic) bond motifs is 1. The number of likely N-dealkylation sites (tertiary alicyclic amines) is 1. The number of hydrogen-bond acceptors (Lipinski definition) is 5. The number of amides is 1. The molecule has 0 spiro atoms. The minimum absolute atomic E-state index is 0.205. The zero-order chi connectivity index (χ0) is 17.5. The van der Waals surface area contributed by atoms with E-state index in [9.17, 15) is 4.79 Å². The van der Waals surface area contributed by atoms with Crippen LogP contribution in [0.25, 0.3) is 5.52 Å². The van der Waals surface area contributed by atoms with Gasteiger partial charge in [0.25, 0.3) is 0 Å². The Bertz CT molecular complexity index is 768. The Hall–Kier alpha value is -1.58. The van der Waals surface area contributed by atoms with Crippen LogP contribution in [-0.4, -0.2) is 44.3 Å². The molecule has 8 heteroatoms. The lowest BCUT2D eigenvalue weighted by molar-refractivity contribution is 0.0196. The normalized spacial score (nSPS) is 18.8. The summed E-state index contributed by atoms with van der Waals surface area (Å²) in [5, 5.41) is 4.35. The maximum atomic E-state index is 12.4. The van der Waals surface area contributed by atoms with Crippen LogP contribution in [0.2, 0.25) is 0 Å². The third-order valence-corrected chi connectivity index (χ3v) is 4.88. The Labute approximate surface area is 154 Å². The van der Waals surface area contributed by atoms with Gasteiger partial charge < -0.3 is 15.4 Å². The van der Waals surface area contributed by atoms with E-state index in [0.29, 0.717) is 12.4 Å². The molecule has 0 aliphatic carbocycles. The van der Waals surface area contributed by atoms with E-state index >= 15 is 0 Å². The molecule has 3 rings (SSSR count). The molecule has 24 heavy (non-hydrogen) atoms. The topological polar surface area (TPSA) is 85.8 Å². The fourth-order valence-corrected chi connectivity index (χ4v) is 3.87. The first-order valence-corrected chi connectivity index (χ1v) is 9.09. The number of ether oxygens (including phenoxy) is 1. The van der Waals surface area contributed by atoms with Crippen LogP contribution in [0, 0.1) is 3.57 Å². The van der Waals surface area contributed by atoms with E-state index in [-0.39, 0.29) is 12.0 Å². The van der Waals surface area contributed by atoms with Crippen LogP contribution in [-0.2, 0) is 4.74 Å². The van der Waals surface area contributed by atoms with Gasteiger partial charge in [-0.2, -0.15) is 5.10 Å². The van der Waals surface area contributed by atoms with Gasteiger partial charge in [0.15, 0.2) is 5.82 Å². The van der Waals surface area contributed by atoms with Crippen molar-refractivity contribution in [3.8, 4) is 0 Å². The highest BCUT2D eigenvalue weighted by molar-refractivity contribution is 14.1. The second kappa shape index (κ2) is 6.38. The van der Waals surface area contributed by atoms with Crippen LogP contribution >= 0.6 is 22.6 Å². The monoisotopic (exact) mass is 443 g/mol. The largest absolute Gasteiger partial charge is 0.444 e. The van der Waals surface area contributed by atoms with Crippen LogP contribution in [0.5, 0.6) is 0 Å². The molecule has 1 unspecified atom stereocenters. The number of anilines is 1. The third-order valence-electron chi connectivity index (χ3n) is 4.06. The molecular weight excluding hydrogens is 421 g/mol. The molecule has 1 atom stereocenters. The first-order chi connectivity index (χ1) is 11.3. The van der Waals surface area contributed by atoms with Crippen molar-refractivity contribution in [1.82, 2.24) is 19.5 Å². The number of rotatable bonds is 1. The van der Waals surface area contributed by atoms with Gasteiger partial charge in [0.1, 0.15) is 17.4 Å².